The number of rotatable bonds is 6. The van der Waals surface area contributed by atoms with E-state index >= 15 is 0 Å². The minimum Gasteiger partial charge on any atom is -0.493 e. The van der Waals surface area contributed by atoms with Gasteiger partial charge in [0, 0.05) is 18.2 Å². The maximum atomic E-state index is 5.53. The van der Waals surface area contributed by atoms with Crippen LogP contribution in [-0.4, -0.2) is 27.4 Å². The molecule has 1 unspecified atom stereocenters. The predicted octanol–water partition coefficient (Wildman–Crippen LogP) is 3.38. The van der Waals surface area contributed by atoms with Crippen LogP contribution < -0.4 is 19.5 Å². The molecule has 1 aromatic carbocycles. The van der Waals surface area contributed by atoms with Crippen molar-refractivity contribution in [2.75, 3.05) is 21.3 Å². The number of benzene rings is 1. The Labute approximate surface area is 127 Å². The number of methoxy groups -OCH3 is 3. The summed E-state index contributed by atoms with van der Waals surface area (Å²) >= 11 is 0. The van der Waals surface area contributed by atoms with Crippen LogP contribution >= 0.6 is 0 Å². The van der Waals surface area contributed by atoms with E-state index in [1.165, 1.54) is 19.3 Å². The van der Waals surface area contributed by atoms with Crippen LogP contribution in [0.4, 0.5) is 0 Å². The second-order valence-corrected chi connectivity index (χ2v) is 6.31. The van der Waals surface area contributed by atoms with Crippen molar-refractivity contribution in [1.82, 2.24) is 5.32 Å². The summed E-state index contributed by atoms with van der Waals surface area (Å²) in [5.74, 6) is 2.10. The van der Waals surface area contributed by atoms with Gasteiger partial charge in [-0.05, 0) is 24.3 Å². The molecule has 0 amide bonds. The lowest BCUT2D eigenvalue weighted by molar-refractivity contribution is 0.279. The zero-order valence-electron chi connectivity index (χ0n) is 13.8. The largest absolute Gasteiger partial charge is 0.493 e. The Kier molecular flexibility index (Phi) is 4.99. The van der Waals surface area contributed by atoms with Crippen molar-refractivity contribution in [2.45, 2.75) is 45.7 Å². The van der Waals surface area contributed by atoms with Gasteiger partial charge >= 0.3 is 0 Å². The van der Waals surface area contributed by atoms with E-state index < -0.39 is 0 Å². The van der Waals surface area contributed by atoms with Crippen LogP contribution in [0.3, 0.4) is 0 Å². The Morgan fingerprint density at radius 3 is 2.33 bits per heavy atom. The molecule has 21 heavy (non-hydrogen) atoms. The molecule has 1 aromatic rings. The summed E-state index contributed by atoms with van der Waals surface area (Å²) in [6.45, 7) is 5.45. The van der Waals surface area contributed by atoms with E-state index in [9.17, 15) is 0 Å². The lowest BCUT2D eigenvalue weighted by Crippen LogP contribution is -2.37. The van der Waals surface area contributed by atoms with Crippen LogP contribution in [0, 0.1) is 5.41 Å². The van der Waals surface area contributed by atoms with Crippen LogP contribution in [0.5, 0.6) is 17.2 Å². The molecule has 0 bridgehead atoms. The zero-order valence-corrected chi connectivity index (χ0v) is 13.8. The number of ether oxygens (including phenoxy) is 3. The summed E-state index contributed by atoms with van der Waals surface area (Å²) in [5, 5.41) is 3.68. The lowest BCUT2D eigenvalue weighted by Gasteiger charge is -2.28. The van der Waals surface area contributed by atoms with Crippen molar-refractivity contribution in [3.05, 3.63) is 17.7 Å². The topological polar surface area (TPSA) is 39.7 Å². The fourth-order valence-electron chi connectivity index (χ4n) is 3.24. The third-order valence-corrected chi connectivity index (χ3v) is 4.58. The van der Waals surface area contributed by atoms with E-state index in [0.29, 0.717) is 23.0 Å². The molecular weight excluding hydrogens is 266 g/mol. The molecule has 0 heterocycles. The smallest absolute Gasteiger partial charge is 0.203 e. The average Bonchev–Trinajstić information content (AvgIpc) is 2.82. The summed E-state index contributed by atoms with van der Waals surface area (Å²) < 4.78 is 16.3. The van der Waals surface area contributed by atoms with Crippen LogP contribution in [0.2, 0.25) is 0 Å². The lowest BCUT2D eigenvalue weighted by atomic mass is 9.87. The highest BCUT2D eigenvalue weighted by atomic mass is 16.5. The summed E-state index contributed by atoms with van der Waals surface area (Å²) in [4.78, 5) is 0. The summed E-state index contributed by atoms with van der Waals surface area (Å²) in [6, 6.07) is 4.52. The van der Waals surface area contributed by atoms with E-state index in [1.54, 1.807) is 21.3 Å². The van der Waals surface area contributed by atoms with Crippen molar-refractivity contribution in [3.63, 3.8) is 0 Å². The molecule has 1 atom stereocenters. The fraction of sp³-hybridized carbons (Fsp3) is 0.647. The molecule has 1 aliphatic carbocycles. The number of nitrogens with one attached hydrogen (secondary N) is 1. The van der Waals surface area contributed by atoms with Gasteiger partial charge < -0.3 is 19.5 Å². The van der Waals surface area contributed by atoms with Crippen molar-refractivity contribution in [2.24, 2.45) is 5.41 Å². The zero-order chi connectivity index (χ0) is 15.5. The van der Waals surface area contributed by atoms with Gasteiger partial charge in [0.1, 0.15) is 0 Å². The maximum absolute atomic E-state index is 5.53. The van der Waals surface area contributed by atoms with Gasteiger partial charge in [0.05, 0.1) is 21.3 Å². The van der Waals surface area contributed by atoms with E-state index in [2.05, 4.69) is 19.2 Å². The first-order valence-electron chi connectivity index (χ1n) is 7.54. The predicted molar refractivity (Wildman–Crippen MR) is 84.4 cm³/mol. The molecular formula is C17H27NO3. The van der Waals surface area contributed by atoms with Gasteiger partial charge in [-0.2, -0.15) is 0 Å². The second-order valence-electron chi connectivity index (χ2n) is 6.31. The van der Waals surface area contributed by atoms with E-state index in [0.717, 1.165) is 17.9 Å². The van der Waals surface area contributed by atoms with Gasteiger partial charge in [0.15, 0.2) is 11.5 Å². The standard InChI is InChI=1S/C17H27NO3/c1-17(2)10-6-7-14(17)18-11-12-8-9-13(19-3)16(21-5)15(12)20-4/h8-9,14,18H,6-7,10-11H2,1-5H3. The van der Waals surface area contributed by atoms with Gasteiger partial charge in [-0.1, -0.05) is 26.3 Å². The monoisotopic (exact) mass is 293 g/mol. The van der Waals surface area contributed by atoms with Crippen LogP contribution in [0.25, 0.3) is 0 Å². The van der Waals surface area contributed by atoms with Crippen molar-refractivity contribution in [1.29, 1.82) is 0 Å². The molecule has 0 spiro atoms. The molecule has 1 N–H and O–H groups in total. The van der Waals surface area contributed by atoms with Crippen molar-refractivity contribution >= 4 is 0 Å². The molecule has 0 saturated heterocycles. The SMILES string of the molecule is COc1ccc(CNC2CCCC2(C)C)c(OC)c1OC. The molecule has 1 fully saturated rings. The first-order valence-corrected chi connectivity index (χ1v) is 7.54. The summed E-state index contributed by atoms with van der Waals surface area (Å²) in [7, 11) is 4.94. The molecule has 4 heteroatoms. The first kappa shape index (κ1) is 16.0. The summed E-state index contributed by atoms with van der Waals surface area (Å²) in [5.41, 5.74) is 1.46. The molecule has 118 valence electrons. The van der Waals surface area contributed by atoms with E-state index in [-0.39, 0.29) is 0 Å². The minimum absolute atomic E-state index is 0.365. The van der Waals surface area contributed by atoms with Crippen molar-refractivity contribution in [3.8, 4) is 17.2 Å². The highest BCUT2D eigenvalue weighted by Crippen LogP contribution is 2.41. The van der Waals surface area contributed by atoms with Gasteiger partial charge in [-0.25, -0.2) is 0 Å². The normalized spacial score (nSPS) is 20.3. The minimum atomic E-state index is 0.365. The number of hydrogen-bond acceptors (Lipinski definition) is 4. The molecule has 0 radical (unpaired) electrons. The van der Waals surface area contributed by atoms with Crippen LogP contribution in [-0.2, 0) is 6.54 Å². The Morgan fingerprint density at radius 1 is 1.10 bits per heavy atom. The Morgan fingerprint density at radius 2 is 1.81 bits per heavy atom. The highest BCUT2D eigenvalue weighted by Gasteiger charge is 2.34. The van der Waals surface area contributed by atoms with E-state index in [1.807, 2.05) is 12.1 Å². The van der Waals surface area contributed by atoms with Gasteiger partial charge in [0.25, 0.3) is 0 Å². The molecule has 1 aliphatic rings. The van der Waals surface area contributed by atoms with Crippen LogP contribution in [0.1, 0.15) is 38.7 Å². The Balaban J connectivity index is 2.16. The molecule has 4 nitrogen and oxygen atoms in total. The third kappa shape index (κ3) is 3.26. The Bertz CT molecular complexity index is 485. The van der Waals surface area contributed by atoms with Crippen LogP contribution in [0.15, 0.2) is 12.1 Å². The first-order chi connectivity index (χ1) is 10.0. The van der Waals surface area contributed by atoms with Gasteiger partial charge in [-0.15, -0.1) is 0 Å². The molecule has 2 rings (SSSR count). The maximum Gasteiger partial charge on any atom is 0.203 e. The highest BCUT2D eigenvalue weighted by molar-refractivity contribution is 5.55. The molecule has 1 saturated carbocycles. The van der Waals surface area contributed by atoms with Crippen molar-refractivity contribution < 1.29 is 14.2 Å². The average molecular weight is 293 g/mol. The van der Waals surface area contributed by atoms with E-state index in [4.69, 9.17) is 14.2 Å². The van der Waals surface area contributed by atoms with Gasteiger partial charge in [-0.3, -0.25) is 0 Å². The quantitative estimate of drug-likeness (QED) is 0.873. The molecule has 0 aliphatic heterocycles. The number of hydrogen-bond donors (Lipinski definition) is 1. The fourth-order valence-corrected chi connectivity index (χ4v) is 3.24. The Hall–Kier alpha value is -1.42. The second kappa shape index (κ2) is 6.56. The van der Waals surface area contributed by atoms with Gasteiger partial charge in [0.2, 0.25) is 5.75 Å². The third-order valence-electron chi connectivity index (χ3n) is 4.58. The molecule has 0 aromatic heterocycles. The summed E-state index contributed by atoms with van der Waals surface area (Å²) in [6.07, 6.45) is 3.82.